The normalized spacial score (nSPS) is 25.1. The highest BCUT2D eigenvalue weighted by Gasteiger charge is 2.41. The van der Waals surface area contributed by atoms with Crippen molar-refractivity contribution in [3.8, 4) is 0 Å². The molecule has 0 aromatic carbocycles. The Hall–Kier alpha value is -1.09. The highest BCUT2D eigenvalue weighted by Crippen LogP contribution is 2.40. The summed E-state index contributed by atoms with van der Waals surface area (Å²) < 4.78 is 5.08. The largest absolute Gasteiger partial charge is 0.357 e. The monoisotopic (exact) mass is 204 g/mol. The molecule has 0 N–H and O–H groups in total. The molecule has 0 radical (unpaired) electrons. The first-order chi connectivity index (χ1) is 7.39. The minimum absolute atomic E-state index is 0.340. The van der Waals surface area contributed by atoms with Gasteiger partial charge in [0.1, 0.15) is 0 Å². The maximum atomic E-state index is 5.08. The van der Waals surface area contributed by atoms with E-state index < -0.39 is 0 Å². The zero-order valence-corrected chi connectivity index (χ0v) is 8.85. The average Bonchev–Trinajstić information content (AvgIpc) is 2.91. The summed E-state index contributed by atoms with van der Waals surface area (Å²) in [6, 6.07) is 1.90. The van der Waals surface area contributed by atoms with Crippen LogP contribution in [0.1, 0.15) is 31.4 Å². The smallest absolute Gasteiger partial charge is 0.159 e. The Morgan fingerprint density at radius 2 is 2.13 bits per heavy atom. The van der Waals surface area contributed by atoms with Crippen LogP contribution in [0.5, 0.6) is 0 Å². The second-order valence-corrected chi connectivity index (χ2v) is 4.55. The number of hydrogen-bond donors (Lipinski definition) is 0. The first-order valence-electron chi connectivity index (χ1n) is 5.74. The fourth-order valence-corrected chi connectivity index (χ4v) is 2.97. The van der Waals surface area contributed by atoms with Gasteiger partial charge in [0.2, 0.25) is 0 Å². The predicted molar refractivity (Wildman–Crippen MR) is 58.3 cm³/mol. The van der Waals surface area contributed by atoms with Crippen LogP contribution in [0.25, 0.3) is 6.08 Å². The molecule has 80 valence electrons. The van der Waals surface area contributed by atoms with E-state index in [1.54, 1.807) is 6.20 Å². The van der Waals surface area contributed by atoms with Crippen LogP contribution < -0.4 is 0 Å². The first-order valence-corrected chi connectivity index (χ1v) is 5.74. The standard InChI is InChI=1S/C12H16N2O/c1-5-12(6-2-10-14(12)9-1)7-3-11-4-8-13-15-11/h3-4,7-8H,1-2,5-6,9-10H2/b7-3+. The Labute approximate surface area is 89.7 Å². The molecule has 0 unspecified atom stereocenters. The lowest BCUT2D eigenvalue weighted by molar-refractivity contribution is 0.251. The van der Waals surface area contributed by atoms with Crippen molar-refractivity contribution in [3.05, 3.63) is 24.1 Å². The van der Waals surface area contributed by atoms with E-state index >= 15 is 0 Å². The van der Waals surface area contributed by atoms with Gasteiger partial charge in [0.15, 0.2) is 5.76 Å². The van der Waals surface area contributed by atoms with E-state index in [1.807, 2.05) is 6.07 Å². The quantitative estimate of drug-likeness (QED) is 0.740. The lowest BCUT2D eigenvalue weighted by Gasteiger charge is -2.28. The third-order valence-corrected chi connectivity index (χ3v) is 3.72. The van der Waals surface area contributed by atoms with Crippen LogP contribution in [0.2, 0.25) is 0 Å². The van der Waals surface area contributed by atoms with Crippen LogP contribution in [0, 0.1) is 0 Å². The van der Waals surface area contributed by atoms with Crippen molar-refractivity contribution < 1.29 is 4.52 Å². The number of hydrogen-bond acceptors (Lipinski definition) is 3. The summed E-state index contributed by atoms with van der Waals surface area (Å²) in [5.41, 5.74) is 0.340. The van der Waals surface area contributed by atoms with Gasteiger partial charge in [0.25, 0.3) is 0 Å². The summed E-state index contributed by atoms with van der Waals surface area (Å²) in [6.07, 6.45) is 11.4. The molecule has 3 heteroatoms. The molecule has 0 bridgehead atoms. The Morgan fingerprint density at radius 3 is 2.80 bits per heavy atom. The van der Waals surface area contributed by atoms with Gasteiger partial charge < -0.3 is 4.52 Å². The van der Waals surface area contributed by atoms with Crippen LogP contribution >= 0.6 is 0 Å². The van der Waals surface area contributed by atoms with Crippen LogP contribution in [-0.2, 0) is 0 Å². The topological polar surface area (TPSA) is 29.3 Å². The second kappa shape index (κ2) is 3.49. The van der Waals surface area contributed by atoms with Gasteiger partial charge in [-0.1, -0.05) is 11.2 Å². The van der Waals surface area contributed by atoms with Gasteiger partial charge in [-0.2, -0.15) is 0 Å². The SMILES string of the molecule is C(=C\C12CCCN1CCC2)/c1ccno1. The summed E-state index contributed by atoms with van der Waals surface area (Å²) in [7, 11) is 0. The second-order valence-electron chi connectivity index (χ2n) is 4.55. The molecular formula is C12H16N2O. The Bertz CT molecular complexity index is 346. The van der Waals surface area contributed by atoms with Crippen molar-refractivity contribution in [1.82, 2.24) is 10.1 Å². The third-order valence-electron chi connectivity index (χ3n) is 3.72. The molecule has 3 rings (SSSR count). The molecule has 2 saturated heterocycles. The summed E-state index contributed by atoms with van der Waals surface area (Å²) in [5, 5.41) is 3.71. The highest BCUT2D eigenvalue weighted by molar-refractivity contribution is 5.44. The average molecular weight is 204 g/mol. The number of aromatic nitrogens is 1. The summed E-state index contributed by atoms with van der Waals surface area (Å²) in [6.45, 7) is 2.53. The van der Waals surface area contributed by atoms with E-state index in [-0.39, 0.29) is 0 Å². The van der Waals surface area contributed by atoms with E-state index in [4.69, 9.17) is 4.52 Å². The molecule has 2 aliphatic rings. The number of fused-ring (bicyclic) bond motifs is 1. The Balaban J connectivity index is 1.81. The zero-order chi connectivity index (χ0) is 10.1. The molecule has 2 fully saturated rings. The fourth-order valence-electron chi connectivity index (χ4n) is 2.97. The Kier molecular flexibility index (Phi) is 2.13. The minimum Gasteiger partial charge on any atom is -0.357 e. The van der Waals surface area contributed by atoms with Gasteiger partial charge in [-0.25, -0.2) is 0 Å². The van der Waals surface area contributed by atoms with E-state index in [0.29, 0.717) is 5.54 Å². The molecule has 0 amide bonds. The third kappa shape index (κ3) is 1.51. The van der Waals surface area contributed by atoms with Crippen molar-refractivity contribution in [2.75, 3.05) is 13.1 Å². The van der Waals surface area contributed by atoms with Crippen LogP contribution in [0.4, 0.5) is 0 Å². The summed E-state index contributed by atoms with van der Waals surface area (Å²) in [4.78, 5) is 2.61. The summed E-state index contributed by atoms with van der Waals surface area (Å²) >= 11 is 0. The van der Waals surface area contributed by atoms with Crippen LogP contribution in [0.15, 0.2) is 22.9 Å². The molecular weight excluding hydrogens is 188 g/mol. The van der Waals surface area contributed by atoms with Crippen molar-refractivity contribution in [3.63, 3.8) is 0 Å². The molecule has 1 aromatic heterocycles. The number of nitrogens with zero attached hydrogens (tertiary/aromatic N) is 2. The van der Waals surface area contributed by atoms with Gasteiger partial charge in [-0.3, -0.25) is 4.90 Å². The van der Waals surface area contributed by atoms with Gasteiger partial charge in [-0.15, -0.1) is 0 Å². The molecule has 3 nitrogen and oxygen atoms in total. The molecule has 2 aliphatic heterocycles. The van der Waals surface area contributed by atoms with E-state index in [1.165, 1.54) is 38.8 Å². The van der Waals surface area contributed by atoms with E-state index in [2.05, 4.69) is 22.2 Å². The Morgan fingerprint density at radius 1 is 1.33 bits per heavy atom. The molecule has 0 spiro atoms. The van der Waals surface area contributed by atoms with Crippen molar-refractivity contribution in [2.45, 2.75) is 31.2 Å². The van der Waals surface area contributed by atoms with E-state index in [9.17, 15) is 0 Å². The maximum Gasteiger partial charge on any atom is 0.159 e. The first kappa shape index (κ1) is 9.16. The molecule has 0 atom stereocenters. The van der Waals surface area contributed by atoms with Gasteiger partial charge in [0.05, 0.1) is 6.20 Å². The van der Waals surface area contributed by atoms with Crippen LogP contribution in [0.3, 0.4) is 0 Å². The maximum absolute atomic E-state index is 5.08. The molecule has 3 heterocycles. The van der Waals surface area contributed by atoms with Gasteiger partial charge in [0, 0.05) is 11.6 Å². The lowest BCUT2D eigenvalue weighted by atomic mass is 9.93. The fraction of sp³-hybridized carbons (Fsp3) is 0.583. The highest BCUT2D eigenvalue weighted by atomic mass is 16.5. The zero-order valence-electron chi connectivity index (χ0n) is 8.85. The minimum atomic E-state index is 0.340. The molecule has 15 heavy (non-hydrogen) atoms. The van der Waals surface area contributed by atoms with Crippen molar-refractivity contribution >= 4 is 6.08 Å². The number of rotatable bonds is 2. The van der Waals surface area contributed by atoms with Crippen molar-refractivity contribution in [1.29, 1.82) is 0 Å². The van der Waals surface area contributed by atoms with E-state index in [0.717, 1.165) is 5.76 Å². The van der Waals surface area contributed by atoms with Crippen molar-refractivity contribution in [2.24, 2.45) is 0 Å². The van der Waals surface area contributed by atoms with Gasteiger partial charge >= 0.3 is 0 Å². The molecule has 1 aromatic rings. The summed E-state index contributed by atoms with van der Waals surface area (Å²) in [5.74, 6) is 0.864. The molecule has 0 saturated carbocycles. The molecule has 0 aliphatic carbocycles. The van der Waals surface area contributed by atoms with Crippen LogP contribution in [-0.4, -0.2) is 28.7 Å². The predicted octanol–water partition coefficient (Wildman–Crippen LogP) is 2.32. The van der Waals surface area contributed by atoms with Gasteiger partial charge in [-0.05, 0) is 44.8 Å². The lowest BCUT2D eigenvalue weighted by Crippen LogP contribution is -2.35.